The largest absolute Gasteiger partial charge is 0.342 e. The molecule has 0 spiro atoms. The van der Waals surface area contributed by atoms with E-state index in [2.05, 4.69) is 40.3 Å². The molecular weight excluding hydrogens is 296 g/mol. The van der Waals surface area contributed by atoms with Gasteiger partial charge in [0.05, 0.1) is 11.9 Å². The Bertz CT molecular complexity index is 665. The molecular formula is C21H26N2O. The molecule has 2 aromatic rings. The molecule has 0 saturated heterocycles. The van der Waals surface area contributed by atoms with Gasteiger partial charge in [0.15, 0.2) is 0 Å². The normalized spacial score (nSPS) is 11.5. The van der Waals surface area contributed by atoms with Crippen LogP contribution in [0.3, 0.4) is 0 Å². The average molecular weight is 322 g/mol. The van der Waals surface area contributed by atoms with Crippen LogP contribution < -0.4 is 0 Å². The number of aromatic amines is 1. The molecule has 0 bridgehead atoms. The second-order valence-corrected chi connectivity index (χ2v) is 5.87. The number of nitrogens with zero attached hydrogens (tertiary/aromatic N) is 1. The highest BCUT2D eigenvalue weighted by molar-refractivity contribution is 5.62. The van der Waals surface area contributed by atoms with Crippen LogP contribution in [0.5, 0.6) is 0 Å². The number of aryl methyl sites for hydroxylation is 1. The Labute approximate surface area is 144 Å². The highest BCUT2D eigenvalue weighted by Gasteiger charge is 2.03. The number of nitrogens with one attached hydrogen (secondary N) is 1. The van der Waals surface area contributed by atoms with Crippen molar-refractivity contribution in [2.75, 3.05) is 0 Å². The number of imidazole rings is 1. The highest BCUT2D eigenvalue weighted by Crippen LogP contribution is 2.19. The minimum Gasteiger partial charge on any atom is -0.342 e. The lowest BCUT2D eigenvalue weighted by Crippen LogP contribution is -1.89. The van der Waals surface area contributed by atoms with Gasteiger partial charge in [0.2, 0.25) is 0 Å². The summed E-state index contributed by atoms with van der Waals surface area (Å²) in [7, 11) is 0. The van der Waals surface area contributed by atoms with Crippen LogP contribution in [0.4, 0.5) is 0 Å². The average Bonchev–Trinajstić information content (AvgIpc) is 3.08. The summed E-state index contributed by atoms with van der Waals surface area (Å²) in [6.07, 6.45) is 17.1. The molecule has 0 radical (unpaired) electrons. The number of unbranched alkanes of at least 4 members (excludes halogenated alkanes) is 4. The van der Waals surface area contributed by atoms with Crippen molar-refractivity contribution in [3.8, 4) is 11.3 Å². The molecule has 3 heteroatoms. The summed E-state index contributed by atoms with van der Waals surface area (Å²) in [5.74, 6) is 1.04. The second-order valence-electron chi connectivity index (χ2n) is 5.87. The van der Waals surface area contributed by atoms with E-state index < -0.39 is 0 Å². The van der Waals surface area contributed by atoms with Crippen LogP contribution in [-0.2, 0) is 11.2 Å². The zero-order chi connectivity index (χ0) is 17.0. The van der Waals surface area contributed by atoms with E-state index in [9.17, 15) is 4.79 Å². The van der Waals surface area contributed by atoms with Crippen LogP contribution in [0.1, 0.15) is 50.4 Å². The van der Waals surface area contributed by atoms with E-state index in [0.717, 1.165) is 55.5 Å². The Kier molecular flexibility index (Phi) is 7.75. The van der Waals surface area contributed by atoms with E-state index in [4.69, 9.17) is 0 Å². The van der Waals surface area contributed by atoms with Gasteiger partial charge in [0.1, 0.15) is 12.1 Å². The van der Waals surface area contributed by atoms with Gasteiger partial charge >= 0.3 is 0 Å². The topological polar surface area (TPSA) is 45.8 Å². The number of benzene rings is 1. The first kappa shape index (κ1) is 17.9. The molecule has 0 atom stereocenters. The van der Waals surface area contributed by atoms with E-state index >= 15 is 0 Å². The SMILES string of the molecule is C/C=C\C=C/c1ccc(-c2cnc(CCCCCCC=O)[nH]2)cc1. The Morgan fingerprint density at radius 3 is 2.58 bits per heavy atom. The minimum absolute atomic E-state index is 0.685. The maximum absolute atomic E-state index is 10.3. The molecule has 0 aliphatic heterocycles. The first-order chi connectivity index (χ1) is 11.8. The standard InChI is InChI=1S/C21H26N2O/c1-2-3-7-10-18-12-14-19(15-13-18)20-17-22-21(23-20)11-8-5-4-6-9-16-24/h2-3,7,10,12-17H,4-6,8-9,11H2,1H3,(H,22,23)/b3-2-,10-7-. The third-order valence-electron chi connectivity index (χ3n) is 3.93. The molecule has 1 aromatic heterocycles. The number of carbonyl (C=O) groups is 1. The molecule has 1 heterocycles. The number of allylic oxidation sites excluding steroid dienone is 3. The number of H-pyrrole nitrogens is 1. The number of rotatable bonds is 10. The van der Waals surface area contributed by atoms with Crippen LogP contribution >= 0.6 is 0 Å². The summed E-state index contributed by atoms with van der Waals surface area (Å²) in [5, 5.41) is 0. The molecule has 0 aliphatic rings. The van der Waals surface area contributed by atoms with E-state index in [1.807, 2.05) is 31.3 Å². The molecule has 0 saturated carbocycles. The third kappa shape index (κ3) is 5.99. The fourth-order valence-corrected chi connectivity index (χ4v) is 2.56. The van der Waals surface area contributed by atoms with Crippen molar-refractivity contribution in [1.82, 2.24) is 9.97 Å². The van der Waals surface area contributed by atoms with Crippen LogP contribution in [0.25, 0.3) is 17.3 Å². The van der Waals surface area contributed by atoms with Crippen molar-refractivity contribution in [3.05, 3.63) is 60.1 Å². The number of hydrogen-bond donors (Lipinski definition) is 1. The number of aldehydes is 1. The van der Waals surface area contributed by atoms with Crippen LogP contribution in [0.15, 0.2) is 48.7 Å². The van der Waals surface area contributed by atoms with Crippen molar-refractivity contribution in [2.45, 2.75) is 45.4 Å². The molecule has 0 unspecified atom stereocenters. The summed E-state index contributed by atoms with van der Waals surface area (Å²) in [6, 6.07) is 8.46. The van der Waals surface area contributed by atoms with Gasteiger partial charge in [-0.15, -0.1) is 0 Å². The third-order valence-corrected chi connectivity index (χ3v) is 3.93. The monoisotopic (exact) mass is 322 g/mol. The van der Waals surface area contributed by atoms with Gasteiger partial charge in [-0.3, -0.25) is 0 Å². The molecule has 0 fully saturated rings. The fraction of sp³-hybridized carbons (Fsp3) is 0.333. The van der Waals surface area contributed by atoms with Gasteiger partial charge in [0, 0.05) is 12.8 Å². The van der Waals surface area contributed by atoms with E-state index in [1.54, 1.807) is 0 Å². The summed E-state index contributed by atoms with van der Waals surface area (Å²) < 4.78 is 0. The summed E-state index contributed by atoms with van der Waals surface area (Å²) >= 11 is 0. The van der Waals surface area contributed by atoms with Crippen molar-refractivity contribution in [2.24, 2.45) is 0 Å². The van der Waals surface area contributed by atoms with Crippen molar-refractivity contribution in [1.29, 1.82) is 0 Å². The summed E-state index contributed by atoms with van der Waals surface area (Å²) in [4.78, 5) is 18.1. The Morgan fingerprint density at radius 1 is 1.04 bits per heavy atom. The molecule has 2 rings (SSSR count). The van der Waals surface area contributed by atoms with E-state index in [-0.39, 0.29) is 0 Å². The predicted molar refractivity (Wildman–Crippen MR) is 101 cm³/mol. The Morgan fingerprint density at radius 2 is 1.83 bits per heavy atom. The maximum Gasteiger partial charge on any atom is 0.119 e. The zero-order valence-corrected chi connectivity index (χ0v) is 14.4. The van der Waals surface area contributed by atoms with Crippen LogP contribution in [0.2, 0.25) is 0 Å². The smallest absolute Gasteiger partial charge is 0.119 e. The molecule has 1 N–H and O–H groups in total. The summed E-state index contributed by atoms with van der Waals surface area (Å²) in [5.41, 5.74) is 3.41. The molecule has 24 heavy (non-hydrogen) atoms. The number of aromatic nitrogens is 2. The quantitative estimate of drug-likeness (QED) is 0.364. The maximum atomic E-state index is 10.3. The summed E-state index contributed by atoms with van der Waals surface area (Å²) in [6.45, 7) is 2.01. The van der Waals surface area contributed by atoms with Gasteiger partial charge < -0.3 is 9.78 Å². The second kappa shape index (κ2) is 10.4. The lowest BCUT2D eigenvalue weighted by molar-refractivity contribution is -0.107. The van der Waals surface area contributed by atoms with Gasteiger partial charge in [-0.1, -0.05) is 61.4 Å². The fourth-order valence-electron chi connectivity index (χ4n) is 2.56. The first-order valence-corrected chi connectivity index (χ1v) is 8.71. The van der Waals surface area contributed by atoms with Crippen molar-refractivity contribution >= 4 is 12.4 Å². The lowest BCUT2D eigenvalue weighted by atomic mass is 10.1. The molecule has 0 amide bonds. The van der Waals surface area contributed by atoms with E-state index in [1.165, 1.54) is 5.56 Å². The minimum atomic E-state index is 0.685. The zero-order valence-electron chi connectivity index (χ0n) is 14.4. The predicted octanol–water partition coefficient (Wildman–Crippen LogP) is 5.36. The van der Waals surface area contributed by atoms with Crippen molar-refractivity contribution < 1.29 is 4.79 Å². The van der Waals surface area contributed by atoms with Gasteiger partial charge in [0.25, 0.3) is 0 Å². The molecule has 3 nitrogen and oxygen atoms in total. The highest BCUT2D eigenvalue weighted by atomic mass is 16.1. The van der Waals surface area contributed by atoms with Gasteiger partial charge in [-0.05, 0) is 30.9 Å². The Hall–Kier alpha value is -2.42. The van der Waals surface area contributed by atoms with E-state index in [0.29, 0.717) is 6.42 Å². The van der Waals surface area contributed by atoms with Crippen molar-refractivity contribution in [3.63, 3.8) is 0 Å². The van der Waals surface area contributed by atoms with Crippen LogP contribution in [0, 0.1) is 0 Å². The van der Waals surface area contributed by atoms with Gasteiger partial charge in [-0.25, -0.2) is 4.98 Å². The molecule has 0 aliphatic carbocycles. The first-order valence-electron chi connectivity index (χ1n) is 8.71. The lowest BCUT2D eigenvalue weighted by Gasteiger charge is -2.00. The molecule has 126 valence electrons. The van der Waals surface area contributed by atoms with Gasteiger partial charge in [-0.2, -0.15) is 0 Å². The van der Waals surface area contributed by atoms with Crippen LogP contribution in [-0.4, -0.2) is 16.3 Å². The molecule has 1 aromatic carbocycles. The number of carbonyl (C=O) groups excluding carboxylic acids is 1. The Balaban J connectivity index is 1.84. The number of hydrogen-bond acceptors (Lipinski definition) is 2.